The number of halogens is 1. The predicted molar refractivity (Wildman–Crippen MR) is 75.1 cm³/mol. The van der Waals surface area contributed by atoms with E-state index in [-0.39, 0.29) is 0 Å². The summed E-state index contributed by atoms with van der Waals surface area (Å²) in [7, 11) is 1.92. The first kappa shape index (κ1) is 13.3. The molecule has 0 aliphatic heterocycles. The molecule has 1 aromatic carbocycles. The Kier molecular flexibility index (Phi) is 4.58. The minimum Gasteiger partial charge on any atom is -0.316 e. The second kappa shape index (κ2) is 6.18. The van der Waals surface area contributed by atoms with Crippen molar-refractivity contribution in [2.75, 3.05) is 7.05 Å². The van der Waals surface area contributed by atoms with E-state index in [2.05, 4.69) is 15.3 Å². The molecule has 0 aliphatic carbocycles. The molecule has 0 unspecified atom stereocenters. The van der Waals surface area contributed by atoms with Gasteiger partial charge in [0.25, 0.3) is 0 Å². The van der Waals surface area contributed by atoms with Gasteiger partial charge in [0.15, 0.2) is 5.16 Å². The molecule has 0 radical (unpaired) electrons. The highest BCUT2D eigenvalue weighted by Crippen LogP contribution is 2.30. The first-order valence-corrected chi connectivity index (χ1v) is 6.78. The van der Waals surface area contributed by atoms with Gasteiger partial charge in [-0.1, -0.05) is 17.7 Å². The fourth-order valence-electron chi connectivity index (χ4n) is 1.49. The molecule has 5 heteroatoms. The predicted octanol–water partition coefficient (Wildman–Crippen LogP) is 3.31. The van der Waals surface area contributed by atoms with Crippen LogP contribution in [0.2, 0.25) is 5.02 Å². The number of benzene rings is 1. The molecule has 0 spiro atoms. The Balaban J connectivity index is 2.26. The zero-order valence-electron chi connectivity index (χ0n) is 10.3. The molecular formula is C13H14ClN3S. The zero-order chi connectivity index (χ0) is 13.0. The molecule has 0 bridgehead atoms. The average molecular weight is 280 g/mol. The summed E-state index contributed by atoms with van der Waals surface area (Å²) < 4.78 is 0. The van der Waals surface area contributed by atoms with Crippen molar-refractivity contribution in [3.8, 4) is 0 Å². The van der Waals surface area contributed by atoms with E-state index < -0.39 is 0 Å². The van der Waals surface area contributed by atoms with E-state index in [9.17, 15) is 0 Å². The first-order valence-electron chi connectivity index (χ1n) is 5.58. The normalized spacial score (nSPS) is 10.6. The van der Waals surface area contributed by atoms with Gasteiger partial charge in [-0.15, -0.1) is 0 Å². The Morgan fingerprint density at radius 2 is 2.00 bits per heavy atom. The van der Waals surface area contributed by atoms with Crippen LogP contribution in [0.4, 0.5) is 0 Å². The molecule has 1 heterocycles. The van der Waals surface area contributed by atoms with Crippen LogP contribution in [0.1, 0.15) is 11.1 Å². The van der Waals surface area contributed by atoms with Crippen LogP contribution in [0, 0.1) is 6.92 Å². The van der Waals surface area contributed by atoms with Crippen molar-refractivity contribution in [3.05, 3.63) is 46.7 Å². The van der Waals surface area contributed by atoms with Gasteiger partial charge in [-0.3, -0.25) is 0 Å². The topological polar surface area (TPSA) is 37.8 Å². The average Bonchev–Trinajstić information content (AvgIpc) is 2.36. The molecule has 2 rings (SSSR count). The van der Waals surface area contributed by atoms with E-state index >= 15 is 0 Å². The fourth-order valence-corrected chi connectivity index (χ4v) is 2.59. The van der Waals surface area contributed by atoms with Crippen molar-refractivity contribution in [1.82, 2.24) is 15.3 Å². The molecule has 18 heavy (non-hydrogen) atoms. The third-order valence-electron chi connectivity index (χ3n) is 2.35. The molecule has 2 aromatic rings. The summed E-state index contributed by atoms with van der Waals surface area (Å²) in [5.41, 5.74) is 2.25. The van der Waals surface area contributed by atoms with E-state index in [1.807, 2.05) is 44.6 Å². The SMILES string of the molecule is CNCc1ccc(Cl)cc1Sc1ncc(C)cn1. The van der Waals surface area contributed by atoms with Crippen LogP contribution in [0.3, 0.4) is 0 Å². The number of hydrogen-bond acceptors (Lipinski definition) is 4. The molecule has 1 N–H and O–H groups in total. The highest BCUT2D eigenvalue weighted by Gasteiger charge is 2.07. The highest BCUT2D eigenvalue weighted by atomic mass is 35.5. The molecule has 1 aromatic heterocycles. The van der Waals surface area contributed by atoms with Crippen LogP contribution in [0.5, 0.6) is 0 Å². The number of hydrogen-bond donors (Lipinski definition) is 1. The Labute approximate surface area is 116 Å². The van der Waals surface area contributed by atoms with Gasteiger partial charge in [0.2, 0.25) is 0 Å². The van der Waals surface area contributed by atoms with Crippen molar-refractivity contribution in [2.45, 2.75) is 23.5 Å². The molecule has 0 fully saturated rings. The molecule has 0 amide bonds. The first-order chi connectivity index (χ1) is 8.69. The van der Waals surface area contributed by atoms with Gasteiger partial charge in [0, 0.05) is 28.9 Å². The Bertz CT molecular complexity index is 528. The molecular weight excluding hydrogens is 266 g/mol. The largest absolute Gasteiger partial charge is 0.316 e. The quantitative estimate of drug-likeness (QED) is 0.872. The Hall–Kier alpha value is -1.10. The van der Waals surface area contributed by atoms with E-state index in [0.717, 1.165) is 27.2 Å². The lowest BCUT2D eigenvalue weighted by Gasteiger charge is -2.08. The minimum absolute atomic E-state index is 0.726. The summed E-state index contributed by atoms with van der Waals surface area (Å²) in [4.78, 5) is 9.67. The van der Waals surface area contributed by atoms with E-state index in [1.54, 1.807) is 0 Å². The third kappa shape index (κ3) is 3.45. The molecule has 0 saturated heterocycles. The minimum atomic E-state index is 0.726. The van der Waals surface area contributed by atoms with Gasteiger partial charge in [-0.2, -0.15) is 0 Å². The van der Waals surface area contributed by atoms with Crippen LogP contribution >= 0.6 is 23.4 Å². The van der Waals surface area contributed by atoms with Crippen molar-refractivity contribution >= 4 is 23.4 Å². The van der Waals surface area contributed by atoms with E-state index in [1.165, 1.54) is 17.3 Å². The molecule has 0 aliphatic rings. The van der Waals surface area contributed by atoms with E-state index in [0.29, 0.717) is 0 Å². The van der Waals surface area contributed by atoms with Crippen LogP contribution in [0.15, 0.2) is 40.6 Å². The molecule has 94 valence electrons. The van der Waals surface area contributed by atoms with Gasteiger partial charge in [-0.05, 0) is 49.0 Å². The summed E-state index contributed by atoms with van der Waals surface area (Å²) in [6.45, 7) is 2.77. The summed E-state index contributed by atoms with van der Waals surface area (Å²) in [6.07, 6.45) is 3.63. The van der Waals surface area contributed by atoms with Crippen molar-refractivity contribution in [1.29, 1.82) is 0 Å². The maximum absolute atomic E-state index is 6.03. The van der Waals surface area contributed by atoms with Crippen molar-refractivity contribution in [2.24, 2.45) is 0 Å². The van der Waals surface area contributed by atoms with Crippen molar-refractivity contribution in [3.63, 3.8) is 0 Å². The second-order valence-electron chi connectivity index (χ2n) is 3.93. The van der Waals surface area contributed by atoms with Crippen LogP contribution < -0.4 is 5.32 Å². The lowest BCUT2D eigenvalue weighted by molar-refractivity contribution is 0.802. The molecule has 0 atom stereocenters. The maximum Gasteiger partial charge on any atom is 0.192 e. The van der Waals surface area contributed by atoms with Gasteiger partial charge >= 0.3 is 0 Å². The smallest absolute Gasteiger partial charge is 0.192 e. The number of rotatable bonds is 4. The van der Waals surface area contributed by atoms with Crippen molar-refractivity contribution < 1.29 is 0 Å². The second-order valence-corrected chi connectivity index (χ2v) is 5.37. The Morgan fingerprint density at radius 3 is 2.67 bits per heavy atom. The maximum atomic E-state index is 6.03. The third-order valence-corrected chi connectivity index (χ3v) is 3.58. The Morgan fingerprint density at radius 1 is 1.28 bits per heavy atom. The van der Waals surface area contributed by atoms with E-state index in [4.69, 9.17) is 11.6 Å². The fraction of sp³-hybridized carbons (Fsp3) is 0.231. The highest BCUT2D eigenvalue weighted by molar-refractivity contribution is 7.99. The summed E-state index contributed by atoms with van der Waals surface area (Å²) in [6, 6.07) is 5.87. The lowest BCUT2D eigenvalue weighted by Crippen LogP contribution is -2.06. The van der Waals surface area contributed by atoms with Crippen LogP contribution in [-0.2, 0) is 6.54 Å². The van der Waals surface area contributed by atoms with Gasteiger partial charge < -0.3 is 5.32 Å². The monoisotopic (exact) mass is 279 g/mol. The van der Waals surface area contributed by atoms with Crippen LogP contribution in [-0.4, -0.2) is 17.0 Å². The number of aryl methyl sites for hydroxylation is 1. The summed E-state index contributed by atoms with van der Waals surface area (Å²) >= 11 is 7.56. The molecule has 3 nitrogen and oxygen atoms in total. The standard InChI is InChI=1S/C13H14ClN3S/c1-9-6-16-13(17-7-9)18-12-5-11(14)4-3-10(12)8-15-2/h3-7,15H,8H2,1-2H3. The summed E-state index contributed by atoms with van der Waals surface area (Å²) in [5, 5.41) is 4.60. The number of nitrogens with zero attached hydrogens (tertiary/aromatic N) is 2. The van der Waals surface area contributed by atoms with Gasteiger partial charge in [0.05, 0.1) is 0 Å². The van der Waals surface area contributed by atoms with Crippen LogP contribution in [0.25, 0.3) is 0 Å². The molecule has 0 saturated carbocycles. The lowest BCUT2D eigenvalue weighted by atomic mass is 10.2. The van der Waals surface area contributed by atoms with Gasteiger partial charge in [-0.25, -0.2) is 9.97 Å². The summed E-state index contributed by atoms with van der Waals surface area (Å²) in [5.74, 6) is 0. The number of aromatic nitrogens is 2. The van der Waals surface area contributed by atoms with Gasteiger partial charge in [0.1, 0.15) is 0 Å². The zero-order valence-corrected chi connectivity index (χ0v) is 11.8. The number of nitrogens with one attached hydrogen (secondary N) is 1.